The number of ketones is 1. The van der Waals surface area contributed by atoms with Crippen molar-refractivity contribution in [3.05, 3.63) is 59.7 Å². The number of amides is 1. The van der Waals surface area contributed by atoms with Gasteiger partial charge in [-0.15, -0.1) is 0 Å². The summed E-state index contributed by atoms with van der Waals surface area (Å²) in [4.78, 5) is 23.9. The molecule has 5 nitrogen and oxygen atoms in total. The van der Waals surface area contributed by atoms with Crippen molar-refractivity contribution >= 4 is 17.4 Å². The van der Waals surface area contributed by atoms with E-state index in [0.717, 1.165) is 19.4 Å². The van der Waals surface area contributed by atoms with Gasteiger partial charge in [0.25, 0.3) is 5.91 Å². The van der Waals surface area contributed by atoms with Gasteiger partial charge in [0, 0.05) is 17.9 Å². The number of hydrogen-bond acceptors (Lipinski definition) is 4. The Bertz CT molecular complexity index is 749. The van der Waals surface area contributed by atoms with Crippen LogP contribution in [-0.2, 0) is 4.74 Å². The fraction of sp³-hybridized carbons (Fsp3) is 0.300. The highest BCUT2D eigenvalue weighted by Gasteiger charge is 2.18. The number of benzene rings is 2. The Kier molecular flexibility index (Phi) is 5.46. The topological polar surface area (TPSA) is 64.6 Å². The highest BCUT2D eigenvalue weighted by Crippen LogP contribution is 2.22. The minimum atomic E-state index is -0.251. The van der Waals surface area contributed by atoms with Gasteiger partial charge in [0.05, 0.1) is 11.7 Å². The van der Waals surface area contributed by atoms with Gasteiger partial charge in [-0.3, -0.25) is 9.59 Å². The van der Waals surface area contributed by atoms with Crippen molar-refractivity contribution in [2.45, 2.75) is 25.9 Å². The summed E-state index contributed by atoms with van der Waals surface area (Å²) in [7, 11) is 0. The fourth-order valence-corrected chi connectivity index (χ4v) is 2.73. The van der Waals surface area contributed by atoms with Crippen LogP contribution in [0.25, 0.3) is 0 Å². The molecule has 1 fully saturated rings. The Hall–Kier alpha value is -2.66. The lowest BCUT2D eigenvalue weighted by Gasteiger charge is -2.14. The Morgan fingerprint density at radius 1 is 1.16 bits per heavy atom. The predicted molar refractivity (Wildman–Crippen MR) is 95.3 cm³/mol. The van der Waals surface area contributed by atoms with Crippen LogP contribution in [0.2, 0.25) is 0 Å². The molecule has 1 heterocycles. The van der Waals surface area contributed by atoms with Crippen LogP contribution in [0.15, 0.2) is 48.5 Å². The number of anilines is 1. The number of para-hydroxylation sites is 1. The van der Waals surface area contributed by atoms with Crippen LogP contribution in [-0.4, -0.2) is 31.0 Å². The minimum absolute atomic E-state index is 0.00856. The van der Waals surface area contributed by atoms with E-state index in [4.69, 9.17) is 9.47 Å². The second kappa shape index (κ2) is 7.94. The summed E-state index contributed by atoms with van der Waals surface area (Å²) in [6, 6.07) is 14.0. The molecule has 1 atom stereocenters. The van der Waals surface area contributed by atoms with Crippen molar-refractivity contribution in [3.8, 4) is 5.75 Å². The molecule has 0 saturated carbocycles. The first kappa shape index (κ1) is 17.2. The van der Waals surface area contributed by atoms with Gasteiger partial charge in [-0.1, -0.05) is 12.1 Å². The first-order valence-corrected chi connectivity index (χ1v) is 8.39. The molecular weight excluding hydrogens is 318 g/mol. The number of ether oxygens (including phenoxy) is 2. The first-order valence-electron chi connectivity index (χ1n) is 8.39. The molecule has 25 heavy (non-hydrogen) atoms. The number of carbonyl (C=O) groups is 2. The van der Waals surface area contributed by atoms with Gasteiger partial charge in [0.2, 0.25) is 0 Å². The average molecular weight is 339 g/mol. The molecule has 0 bridgehead atoms. The van der Waals surface area contributed by atoms with Crippen LogP contribution in [0.3, 0.4) is 0 Å². The molecule has 0 spiro atoms. The zero-order valence-electron chi connectivity index (χ0n) is 14.2. The molecule has 1 saturated heterocycles. The van der Waals surface area contributed by atoms with Gasteiger partial charge >= 0.3 is 0 Å². The number of hydrogen-bond donors (Lipinski definition) is 1. The molecule has 5 heteroatoms. The Morgan fingerprint density at radius 3 is 2.60 bits per heavy atom. The Balaban J connectivity index is 1.67. The summed E-state index contributed by atoms with van der Waals surface area (Å²) < 4.78 is 11.3. The first-order chi connectivity index (χ1) is 12.1. The van der Waals surface area contributed by atoms with Crippen molar-refractivity contribution in [3.63, 3.8) is 0 Å². The maximum atomic E-state index is 12.6. The second-order valence-electron chi connectivity index (χ2n) is 6.03. The molecule has 1 aliphatic heterocycles. The third-order valence-electron chi connectivity index (χ3n) is 4.13. The minimum Gasteiger partial charge on any atom is -0.490 e. The Labute approximate surface area is 147 Å². The molecule has 2 aromatic carbocycles. The monoisotopic (exact) mass is 339 g/mol. The van der Waals surface area contributed by atoms with Crippen LogP contribution < -0.4 is 10.1 Å². The summed E-state index contributed by atoms with van der Waals surface area (Å²) in [6.07, 6.45) is 2.12. The van der Waals surface area contributed by atoms with E-state index in [1.54, 1.807) is 42.5 Å². The van der Waals surface area contributed by atoms with E-state index < -0.39 is 0 Å². The largest absolute Gasteiger partial charge is 0.490 e. The van der Waals surface area contributed by atoms with Gasteiger partial charge < -0.3 is 14.8 Å². The lowest BCUT2D eigenvalue weighted by atomic mass is 10.1. The summed E-state index contributed by atoms with van der Waals surface area (Å²) in [6.45, 7) is 2.72. The molecule has 0 unspecified atom stereocenters. The van der Waals surface area contributed by atoms with E-state index >= 15 is 0 Å². The van der Waals surface area contributed by atoms with Crippen LogP contribution in [0, 0.1) is 0 Å². The molecule has 2 aromatic rings. The van der Waals surface area contributed by atoms with Gasteiger partial charge in [0.1, 0.15) is 12.4 Å². The summed E-state index contributed by atoms with van der Waals surface area (Å²) in [5.41, 5.74) is 1.71. The number of nitrogens with one attached hydrogen (secondary N) is 1. The SMILES string of the molecule is CC(=O)c1ccc(NC(=O)c2ccccc2OC[C@@H]2CCCO2)cc1. The average Bonchev–Trinajstić information content (AvgIpc) is 3.14. The molecule has 0 radical (unpaired) electrons. The maximum Gasteiger partial charge on any atom is 0.259 e. The van der Waals surface area contributed by atoms with Crippen molar-refractivity contribution in [2.24, 2.45) is 0 Å². The highest BCUT2D eigenvalue weighted by atomic mass is 16.5. The van der Waals surface area contributed by atoms with Crippen molar-refractivity contribution in [1.82, 2.24) is 0 Å². The van der Waals surface area contributed by atoms with Crippen LogP contribution in [0.4, 0.5) is 5.69 Å². The highest BCUT2D eigenvalue weighted by molar-refractivity contribution is 6.06. The predicted octanol–water partition coefficient (Wildman–Crippen LogP) is 3.70. The molecule has 1 N–H and O–H groups in total. The van der Waals surface area contributed by atoms with Gasteiger partial charge in [0.15, 0.2) is 5.78 Å². The summed E-state index contributed by atoms with van der Waals surface area (Å²) in [5.74, 6) is 0.278. The zero-order chi connectivity index (χ0) is 17.6. The van der Waals surface area contributed by atoms with Crippen molar-refractivity contribution in [1.29, 1.82) is 0 Å². The van der Waals surface area contributed by atoms with E-state index in [2.05, 4.69) is 5.32 Å². The third-order valence-corrected chi connectivity index (χ3v) is 4.13. The van der Waals surface area contributed by atoms with Crippen LogP contribution in [0.1, 0.15) is 40.5 Å². The third kappa shape index (κ3) is 4.45. The van der Waals surface area contributed by atoms with E-state index in [0.29, 0.717) is 29.2 Å². The van der Waals surface area contributed by atoms with Gasteiger partial charge in [-0.2, -0.15) is 0 Å². The zero-order valence-corrected chi connectivity index (χ0v) is 14.2. The summed E-state index contributed by atoms with van der Waals surface area (Å²) in [5, 5.41) is 2.83. The summed E-state index contributed by atoms with van der Waals surface area (Å²) >= 11 is 0. The van der Waals surface area contributed by atoms with Crippen molar-refractivity contribution in [2.75, 3.05) is 18.5 Å². The molecule has 1 aliphatic rings. The van der Waals surface area contributed by atoms with Gasteiger partial charge in [-0.05, 0) is 56.2 Å². The second-order valence-corrected chi connectivity index (χ2v) is 6.03. The van der Waals surface area contributed by atoms with E-state index in [1.165, 1.54) is 6.92 Å². The number of Topliss-reactive ketones (excluding diaryl/α,β-unsaturated/α-hetero) is 1. The molecule has 1 amide bonds. The van der Waals surface area contributed by atoms with E-state index in [-0.39, 0.29) is 17.8 Å². The normalized spacial score (nSPS) is 16.4. The molecule has 0 aliphatic carbocycles. The Morgan fingerprint density at radius 2 is 1.92 bits per heavy atom. The van der Waals surface area contributed by atoms with E-state index in [1.807, 2.05) is 6.07 Å². The van der Waals surface area contributed by atoms with E-state index in [9.17, 15) is 9.59 Å². The molecule has 0 aromatic heterocycles. The smallest absolute Gasteiger partial charge is 0.259 e. The maximum absolute atomic E-state index is 12.6. The fourth-order valence-electron chi connectivity index (χ4n) is 2.73. The number of rotatable bonds is 6. The standard InChI is InChI=1S/C20H21NO4/c1-14(22)15-8-10-16(11-9-15)21-20(23)18-6-2-3-7-19(18)25-13-17-5-4-12-24-17/h2-3,6-11,17H,4-5,12-13H2,1H3,(H,21,23)/t17-/m0/s1. The van der Waals surface area contributed by atoms with Gasteiger partial charge in [-0.25, -0.2) is 0 Å². The lowest BCUT2D eigenvalue weighted by molar-refractivity contribution is 0.0673. The molecule has 130 valence electrons. The number of carbonyl (C=O) groups excluding carboxylic acids is 2. The molecule has 3 rings (SSSR count). The quantitative estimate of drug-likeness (QED) is 0.815. The van der Waals surface area contributed by atoms with Crippen LogP contribution in [0.5, 0.6) is 5.75 Å². The van der Waals surface area contributed by atoms with Crippen molar-refractivity contribution < 1.29 is 19.1 Å². The lowest BCUT2D eigenvalue weighted by Crippen LogP contribution is -2.19. The molecular formula is C20H21NO4. The van der Waals surface area contributed by atoms with Crippen LogP contribution >= 0.6 is 0 Å².